The molecule has 9 heteroatoms. The van der Waals surface area contributed by atoms with E-state index >= 15 is 0 Å². The van der Waals surface area contributed by atoms with Crippen LogP contribution in [0.15, 0.2) is 60.8 Å². The van der Waals surface area contributed by atoms with Crippen molar-refractivity contribution in [3.63, 3.8) is 0 Å². The molecule has 1 atom stereocenters. The number of likely N-dealkylation sites (tertiary alicyclic amines) is 1. The molecule has 2 saturated heterocycles. The number of aromatic nitrogens is 1. The number of pyridine rings is 1. The monoisotopic (exact) mass is 549 g/mol. The van der Waals surface area contributed by atoms with Crippen molar-refractivity contribution in [2.75, 3.05) is 18.0 Å². The maximum Gasteiger partial charge on any atom is 0.260 e. The van der Waals surface area contributed by atoms with E-state index in [0.717, 1.165) is 55.0 Å². The van der Waals surface area contributed by atoms with Gasteiger partial charge < -0.3 is 9.80 Å². The van der Waals surface area contributed by atoms with Gasteiger partial charge in [0.15, 0.2) is 0 Å². The third kappa shape index (κ3) is 4.70. The van der Waals surface area contributed by atoms with E-state index in [1.165, 1.54) is 5.56 Å². The Hall–Kier alpha value is -4.37. The van der Waals surface area contributed by atoms with Gasteiger partial charge in [-0.15, -0.1) is 0 Å². The molecule has 9 nitrogen and oxygen atoms in total. The zero-order valence-corrected chi connectivity index (χ0v) is 22.7. The highest BCUT2D eigenvalue weighted by atomic mass is 16.2. The van der Waals surface area contributed by atoms with Crippen molar-refractivity contribution in [2.45, 2.75) is 57.3 Å². The fourth-order valence-electron chi connectivity index (χ4n) is 6.65. The topological polar surface area (TPSA) is 103 Å². The normalized spacial score (nSPS) is 21.3. The first kappa shape index (κ1) is 25.6. The minimum absolute atomic E-state index is 0.00511. The van der Waals surface area contributed by atoms with E-state index in [1.54, 1.807) is 9.80 Å². The predicted octanol–water partition coefficient (Wildman–Crippen LogP) is 3.38. The van der Waals surface area contributed by atoms with Crippen molar-refractivity contribution in [1.82, 2.24) is 20.1 Å². The van der Waals surface area contributed by atoms with Crippen molar-refractivity contribution >= 4 is 29.3 Å². The second kappa shape index (κ2) is 10.2. The standard InChI is InChI=1S/C32H31N5O4/c38-29-9-8-28(30(39)34-29)37-18-23-15-22(6-7-25(23)31(37)40)21-10-12-35(13-11-21)17-20-14-26-27(33-16-20)19-36(32(26)41)24-4-2-1-3-5-24/h1-7,14-16,21,28H,8-13,17-19H2,(H,34,38,39). The number of rotatable bonds is 5. The Kier molecular flexibility index (Phi) is 6.38. The van der Waals surface area contributed by atoms with Crippen molar-refractivity contribution < 1.29 is 19.2 Å². The molecule has 4 aliphatic heterocycles. The molecule has 0 spiro atoms. The first-order valence-electron chi connectivity index (χ1n) is 14.3. The van der Waals surface area contributed by atoms with Crippen LogP contribution in [0.3, 0.4) is 0 Å². The van der Waals surface area contributed by atoms with Crippen molar-refractivity contribution in [1.29, 1.82) is 0 Å². The summed E-state index contributed by atoms with van der Waals surface area (Å²) in [7, 11) is 0. The smallest absolute Gasteiger partial charge is 0.260 e. The van der Waals surface area contributed by atoms with Crippen molar-refractivity contribution in [2.24, 2.45) is 0 Å². The molecule has 1 aromatic heterocycles. The largest absolute Gasteiger partial charge is 0.322 e. The van der Waals surface area contributed by atoms with E-state index in [9.17, 15) is 19.2 Å². The molecule has 2 fully saturated rings. The van der Waals surface area contributed by atoms with Crippen LogP contribution in [-0.2, 0) is 29.2 Å². The number of fused-ring (bicyclic) bond motifs is 2. The van der Waals surface area contributed by atoms with Gasteiger partial charge in [-0.1, -0.05) is 30.3 Å². The summed E-state index contributed by atoms with van der Waals surface area (Å²) in [6.45, 7) is 3.53. The molecule has 3 aromatic rings. The van der Waals surface area contributed by atoms with Crippen LogP contribution in [0.1, 0.15) is 74.7 Å². The first-order chi connectivity index (χ1) is 19.9. The molecule has 7 rings (SSSR count). The summed E-state index contributed by atoms with van der Waals surface area (Å²) in [4.78, 5) is 60.5. The number of carbonyl (C=O) groups excluding carboxylic acids is 4. The Morgan fingerprint density at radius 2 is 1.66 bits per heavy atom. The second-order valence-corrected chi connectivity index (χ2v) is 11.4. The number of imide groups is 1. The Balaban J connectivity index is 0.974. The van der Waals surface area contributed by atoms with E-state index < -0.39 is 6.04 Å². The zero-order chi connectivity index (χ0) is 28.1. The van der Waals surface area contributed by atoms with Gasteiger partial charge in [-0.2, -0.15) is 0 Å². The van der Waals surface area contributed by atoms with Crippen LogP contribution in [-0.4, -0.2) is 57.5 Å². The fraction of sp³-hybridized carbons (Fsp3) is 0.344. The minimum Gasteiger partial charge on any atom is -0.322 e. The summed E-state index contributed by atoms with van der Waals surface area (Å²) in [5, 5.41) is 2.36. The van der Waals surface area contributed by atoms with Crippen molar-refractivity contribution in [3.05, 3.63) is 94.3 Å². The highest BCUT2D eigenvalue weighted by Crippen LogP contribution is 2.34. The second-order valence-electron chi connectivity index (χ2n) is 11.4. The molecule has 0 aliphatic carbocycles. The highest BCUT2D eigenvalue weighted by Gasteiger charge is 2.39. The van der Waals surface area contributed by atoms with Gasteiger partial charge in [0.25, 0.3) is 11.8 Å². The van der Waals surface area contributed by atoms with Crippen LogP contribution < -0.4 is 10.2 Å². The van der Waals surface area contributed by atoms with Gasteiger partial charge in [-0.25, -0.2) is 0 Å². The van der Waals surface area contributed by atoms with E-state index in [-0.39, 0.29) is 30.0 Å². The molecular weight excluding hydrogens is 518 g/mol. The molecule has 2 aromatic carbocycles. The number of amides is 4. The van der Waals surface area contributed by atoms with E-state index in [1.807, 2.05) is 48.7 Å². The molecule has 0 saturated carbocycles. The minimum atomic E-state index is -0.593. The maximum absolute atomic E-state index is 13.1. The lowest BCUT2D eigenvalue weighted by atomic mass is 9.87. The van der Waals surface area contributed by atoms with E-state index in [2.05, 4.69) is 27.3 Å². The molecule has 0 radical (unpaired) electrons. The first-order valence-corrected chi connectivity index (χ1v) is 14.3. The summed E-state index contributed by atoms with van der Waals surface area (Å²) in [5.41, 5.74) is 6.30. The molecule has 4 aliphatic rings. The van der Waals surface area contributed by atoms with Gasteiger partial charge in [-0.05, 0) is 79.2 Å². The average molecular weight is 550 g/mol. The number of carbonyl (C=O) groups is 4. The lowest BCUT2D eigenvalue weighted by Gasteiger charge is -2.32. The Labute approximate surface area is 238 Å². The molecule has 41 heavy (non-hydrogen) atoms. The lowest BCUT2D eigenvalue weighted by Crippen LogP contribution is -2.52. The molecule has 4 amide bonds. The summed E-state index contributed by atoms with van der Waals surface area (Å²) in [6.07, 6.45) is 4.53. The van der Waals surface area contributed by atoms with Gasteiger partial charge in [0.2, 0.25) is 11.8 Å². The van der Waals surface area contributed by atoms with Gasteiger partial charge in [0.1, 0.15) is 6.04 Å². The number of hydrogen-bond donors (Lipinski definition) is 1. The zero-order valence-electron chi connectivity index (χ0n) is 22.7. The third-order valence-electron chi connectivity index (χ3n) is 8.89. The van der Waals surface area contributed by atoms with Crippen LogP contribution in [0.4, 0.5) is 5.69 Å². The fourth-order valence-corrected chi connectivity index (χ4v) is 6.65. The van der Waals surface area contributed by atoms with Gasteiger partial charge in [-0.3, -0.25) is 34.4 Å². The highest BCUT2D eigenvalue weighted by molar-refractivity contribution is 6.09. The number of para-hydroxylation sites is 1. The summed E-state index contributed by atoms with van der Waals surface area (Å²) < 4.78 is 0. The van der Waals surface area contributed by atoms with Crippen LogP contribution in [0.25, 0.3) is 0 Å². The molecule has 1 unspecified atom stereocenters. The summed E-state index contributed by atoms with van der Waals surface area (Å²) >= 11 is 0. The number of hydrogen-bond acceptors (Lipinski definition) is 6. The van der Waals surface area contributed by atoms with Gasteiger partial charge in [0.05, 0.1) is 17.8 Å². The SMILES string of the molecule is O=C1CCC(N2Cc3cc(C4CCN(Cc5cnc6c(c5)C(=O)N(c5ccccc5)C6)CC4)ccc3C2=O)C(=O)N1. The lowest BCUT2D eigenvalue weighted by molar-refractivity contribution is -0.136. The molecular formula is C32H31N5O4. The predicted molar refractivity (Wildman–Crippen MR) is 151 cm³/mol. The number of piperidine rings is 2. The van der Waals surface area contributed by atoms with E-state index in [4.69, 9.17) is 0 Å². The number of nitrogens with one attached hydrogen (secondary N) is 1. The Morgan fingerprint density at radius 1 is 0.854 bits per heavy atom. The van der Waals surface area contributed by atoms with Crippen LogP contribution in [0.2, 0.25) is 0 Å². The number of nitrogens with zero attached hydrogens (tertiary/aromatic N) is 4. The molecule has 208 valence electrons. The van der Waals surface area contributed by atoms with E-state index in [0.29, 0.717) is 36.6 Å². The third-order valence-corrected chi connectivity index (χ3v) is 8.89. The molecule has 5 heterocycles. The van der Waals surface area contributed by atoms with Crippen LogP contribution in [0.5, 0.6) is 0 Å². The van der Waals surface area contributed by atoms with Gasteiger partial charge >= 0.3 is 0 Å². The van der Waals surface area contributed by atoms with Crippen LogP contribution >= 0.6 is 0 Å². The summed E-state index contributed by atoms with van der Waals surface area (Å²) in [6, 6.07) is 17.2. The van der Waals surface area contributed by atoms with Gasteiger partial charge in [0, 0.05) is 37.0 Å². The summed E-state index contributed by atoms with van der Waals surface area (Å²) in [5.74, 6) is -0.392. The quantitative estimate of drug-likeness (QED) is 0.490. The number of anilines is 1. The number of benzene rings is 2. The Morgan fingerprint density at radius 3 is 2.44 bits per heavy atom. The molecule has 0 bridgehead atoms. The van der Waals surface area contributed by atoms with Crippen LogP contribution in [0, 0.1) is 0 Å². The Bertz CT molecular complexity index is 1560. The average Bonchev–Trinajstić information content (AvgIpc) is 3.49. The maximum atomic E-state index is 13.1. The van der Waals surface area contributed by atoms with Crippen molar-refractivity contribution in [3.8, 4) is 0 Å². The molecule has 1 N–H and O–H groups in total.